The summed E-state index contributed by atoms with van der Waals surface area (Å²) in [4.78, 5) is 15.0. The van der Waals surface area contributed by atoms with E-state index in [1.54, 1.807) is 12.4 Å². The molecule has 5 heteroatoms. The Bertz CT molecular complexity index is 379. The zero-order valence-electron chi connectivity index (χ0n) is 6.02. The second-order valence-electron chi connectivity index (χ2n) is 2.15. The van der Waals surface area contributed by atoms with Crippen LogP contribution >= 0.6 is 11.3 Å². The molecule has 2 rings (SSSR count). The SMILES string of the molecule is O=Cc1cnc(-c2cc[nH]n2)s1. The molecule has 0 saturated heterocycles. The average Bonchev–Trinajstić information content (AvgIpc) is 2.75. The highest BCUT2D eigenvalue weighted by molar-refractivity contribution is 7.16. The van der Waals surface area contributed by atoms with Crippen LogP contribution in [0.25, 0.3) is 10.7 Å². The first-order valence-electron chi connectivity index (χ1n) is 3.31. The standard InChI is InChI=1S/C7H5N3OS/c11-4-5-3-8-7(12-5)6-1-2-9-10-6/h1-4H,(H,9,10). The highest BCUT2D eigenvalue weighted by atomic mass is 32.1. The first-order valence-corrected chi connectivity index (χ1v) is 4.13. The number of nitrogens with one attached hydrogen (secondary N) is 1. The van der Waals surface area contributed by atoms with E-state index in [-0.39, 0.29) is 0 Å². The normalized spacial score (nSPS) is 10.0. The number of H-pyrrole nitrogens is 1. The van der Waals surface area contributed by atoms with Crippen molar-refractivity contribution in [1.29, 1.82) is 0 Å². The number of thiazole rings is 1. The van der Waals surface area contributed by atoms with Gasteiger partial charge in [-0.2, -0.15) is 5.10 Å². The van der Waals surface area contributed by atoms with E-state index < -0.39 is 0 Å². The largest absolute Gasteiger partial charge is 0.297 e. The van der Waals surface area contributed by atoms with Crippen LogP contribution in [0.5, 0.6) is 0 Å². The van der Waals surface area contributed by atoms with Crippen molar-refractivity contribution in [2.45, 2.75) is 0 Å². The molecule has 2 aromatic rings. The van der Waals surface area contributed by atoms with Crippen LogP contribution < -0.4 is 0 Å². The molecule has 0 atom stereocenters. The van der Waals surface area contributed by atoms with E-state index in [0.29, 0.717) is 4.88 Å². The van der Waals surface area contributed by atoms with Gasteiger partial charge in [0.05, 0.1) is 4.88 Å². The maximum atomic E-state index is 10.3. The second kappa shape index (κ2) is 2.86. The third-order valence-electron chi connectivity index (χ3n) is 1.36. The summed E-state index contributed by atoms with van der Waals surface area (Å²) in [6, 6.07) is 1.81. The minimum absolute atomic E-state index is 0.619. The molecule has 2 heterocycles. The van der Waals surface area contributed by atoms with Crippen LogP contribution in [0.4, 0.5) is 0 Å². The van der Waals surface area contributed by atoms with Gasteiger partial charge < -0.3 is 0 Å². The van der Waals surface area contributed by atoms with Gasteiger partial charge in [-0.05, 0) is 6.07 Å². The van der Waals surface area contributed by atoms with Gasteiger partial charge in [-0.25, -0.2) is 4.98 Å². The molecular weight excluding hydrogens is 174 g/mol. The second-order valence-corrected chi connectivity index (χ2v) is 3.21. The van der Waals surface area contributed by atoms with Crippen molar-refractivity contribution in [3.63, 3.8) is 0 Å². The zero-order chi connectivity index (χ0) is 8.39. The van der Waals surface area contributed by atoms with E-state index in [1.165, 1.54) is 11.3 Å². The lowest BCUT2D eigenvalue weighted by atomic mass is 10.5. The summed E-state index contributed by atoms with van der Waals surface area (Å²) in [5, 5.41) is 7.39. The van der Waals surface area contributed by atoms with Crippen LogP contribution in [0.15, 0.2) is 18.5 Å². The molecule has 0 radical (unpaired) electrons. The topological polar surface area (TPSA) is 58.6 Å². The fraction of sp³-hybridized carbons (Fsp3) is 0. The van der Waals surface area contributed by atoms with Crippen molar-refractivity contribution in [2.75, 3.05) is 0 Å². The molecule has 0 bridgehead atoms. The molecule has 0 aliphatic carbocycles. The van der Waals surface area contributed by atoms with E-state index in [2.05, 4.69) is 15.2 Å². The Morgan fingerprint density at radius 3 is 3.08 bits per heavy atom. The fourth-order valence-electron chi connectivity index (χ4n) is 0.839. The molecule has 1 N–H and O–H groups in total. The summed E-state index contributed by atoms with van der Waals surface area (Å²) in [5.41, 5.74) is 0.771. The number of hydrogen-bond acceptors (Lipinski definition) is 4. The Morgan fingerprint density at radius 1 is 1.58 bits per heavy atom. The van der Waals surface area contributed by atoms with E-state index in [1.807, 2.05) is 6.07 Å². The highest BCUT2D eigenvalue weighted by Gasteiger charge is 2.04. The predicted molar refractivity (Wildman–Crippen MR) is 45.1 cm³/mol. The minimum Gasteiger partial charge on any atom is -0.297 e. The van der Waals surface area contributed by atoms with Gasteiger partial charge in [0.1, 0.15) is 10.7 Å². The van der Waals surface area contributed by atoms with Gasteiger partial charge in [0.2, 0.25) is 0 Å². The molecule has 2 aromatic heterocycles. The lowest BCUT2D eigenvalue weighted by Crippen LogP contribution is -1.73. The maximum Gasteiger partial charge on any atom is 0.161 e. The molecule has 60 valence electrons. The smallest absolute Gasteiger partial charge is 0.161 e. The summed E-state index contributed by atoms with van der Waals surface area (Å²) in [6.07, 6.45) is 4.05. The molecule has 12 heavy (non-hydrogen) atoms. The maximum absolute atomic E-state index is 10.3. The van der Waals surface area contributed by atoms with Crippen LogP contribution in [0.3, 0.4) is 0 Å². The van der Waals surface area contributed by atoms with Gasteiger partial charge >= 0.3 is 0 Å². The highest BCUT2D eigenvalue weighted by Crippen LogP contribution is 2.21. The number of aldehydes is 1. The van der Waals surface area contributed by atoms with Crippen LogP contribution in [0.2, 0.25) is 0 Å². The summed E-state index contributed by atoms with van der Waals surface area (Å²) in [7, 11) is 0. The van der Waals surface area contributed by atoms with Crippen molar-refractivity contribution < 1.29 is 4.79 Å². The van der Waals surface area contributed by atoms with Gasteiger partial charge in [0.15, 0.2) is 6.29 Å². The summed E-state index contributed by atoms with van der Waals surface area (Å²) in [6.45, 7) is 0. The molecule has 0 fully saturated rings. The Morgan fingerprint density at radius 2 is 2.50 bits per heavy atom. The number of hydrogen-bond donors (Lipinski definition) is 1. The number of carbonyl (C=O) groups excluding carboxylic acids is 1. The van der Waals surface area contributed by atoms with Crippen molar-refractivity contribution >= 4 is 17.6 Å². The van der Waals surface area contributed by atoms with Crippen LogP contribution in [0.1, 0.15) is 9.67 Å². The number of nitrogens with zero attached hydrogens (tertiary/aromatic N) is 2. The van der Waals surface area contributed by atoms with E-state index in [0.717, 1.165) is 17.0 Å². The van der Waals surface area contributed by atoms with Gasteiger partial charge in [-0.15, -0.1) is 11.3 Å². The van der Waals surface area contributed by atoms with E-state index in [4.69, 9.17) is 0 Å². The van der Waals surface area contributed by atoms with Crippen molar-refractivity contribution in [1.82, 2.24) is 15.2 Å². The van der Waals surface area contributed by atoms with Crippen LogP contribution in [-0.4, -0.2) is 21.5 Å². The first kappa shape index (κ1) is 7.17. The van der Waals surface area contributed by atoms with Gasteiger partial charge in [-0.3, -0.25) is 9.89 Å². The lowest BCUT2D eigenvalue weighted by Gasteiger charge is -1.82. The molecule has 0 unspecified atom stereocenters. The fourth-order valence-corrected chi connectivity index (χ4v) is 1.54. The molecular formula is C7H5N3OS. The average molecular weight is 179 g/mol. The van der Waals surface area contributed by atoms with E-state index >= 15 is 0 Å². The monoisotopic (exact) mass is 179 g/mol. The number of aromatic nitrogens is 3. The Kier molecular flexibility index (Phi) is 1.71. The van der Waals surface area contributed by atoms with Crippen molar-refractivity contribution in [3.8, 4) is 10.7 Å². The van der Waals surface area contributed by atoms with Gasteiger partial charge in [0.25, 0.3) is 0 Å². The van der Waals surface area contributed by atoms with Crippen LogP contribution in [0, 0.1) is 0 Å². The number of carbonyl (C=O) groups is 1. The third kappa shape index (κ3) is 1.14. The van der Waals surface area contributed by atoms with Crippen molar-refractivity contribution in [3.05, 3.63) is 23.3 Å². The number of aromatic amines is 1. The Hall–Kier alpha value is -1.49. The molecule has 0 amide bonds. The van der Waals surface area contributed by atoms with Gasteiger partial charge in [-0.1, -0.05) is 0 Å². The van der Waals surface area contributed by atoms with Crippen molar-refractivity contribution in [2.24, 2.45) is 0 Å². The van der Waals surface area contributed by atoms with Gasteiger partial charge in [0, 0.05) is 12.4 Å². The third-order valence-corrected chi connectivity index (χ3v) is 2.30. The molecule has 0 aliphatic heterocycles. The minimum atomic E-state index is 0.619. The molecule has 4 nitrogen and oxygen atoms in total. The molecule has 0 spiro atoms. The Balaban J connectivity index is 2.41. The summed E-state index contributed by atoms with van der Waals surface area (Å²) < 4.78 is 0. The zero-order valence-corrected chi connectivity index (χ0v) is 6.84. The molecule has 0 aromatic carbocycles. The Labute approximate surface area is 72.3 Å². The predicted octanol–water partition coefficient (Wildman–Crippen LogP) is 1.35. The summed E-state index contributed by atoms with van der Waals surface area (Å²) >= 11 is 1.33. The quantitative estimate of drug-likeness (QED) is 0.708. The van der Waals surface area contributed by atoms with Crippen LogP contribution in [-0.2, 0) is 0 Å². The van der Waals surface area contributed by atoms with E-state index in [9.17, 15) is 4.79 Å². The lowest BCUT2D eigenvalue weighted by molar-refractivity contribution is 0.112. The molecule has 0 saturated carbocycles. The number of rotatable bonds is 2. The first-order chi connectivity index (χ1) is 5.90. The summed E-state index contributed by atoms with van der Waals surface area (Å²) in [5.74, 6) is 0. The molecule has 0 aliphatic rings.